The second-order valence-corrected chi connectivity index (χ2v) is 6.71. The molecule has 1 aliphatic carbocycles. The van der Waals surface area contributed by atoms with E-state index < -0.39 is 0 Å². The van der Waals surface area contributed by atoms with E-state index in [-0.39, 0.29) is 23.8 Å². The summed E-state index contributed by atoms with van der Waals surface area (Å²) in [6.07, 6.45) is 5.69. The number of hydrogen-bond donors (Lipinski definition) is 0. The summed E-state index contributed by atoms with van der Waals surface area (Å²) < 4.78 is 10.7. The first-order chi connectivity index (χ1) is 13.1. The van der Waals surface area contributed by atoms with Crippen LogP contribution in [0.3, 0.4) is 0 Å². The number of pyridine rings is 1. The maximum absolute atomic E-state index is 12.2. The molecule has 1 aliphatic rings. The first kappa shape index (κ1) is 18.8. The summed E-state index contributed by atoms with van der Waals surface area (Å²) in [7, 11) is 0. The molecule has 1 aromatic carbocycles. The van der Waals surface area contributed by atoms with E-state index in [2.05, 4.69) is 11.6 Å². The first-order valence-corrected chi connectivity index (χ1v) is 9.07. The van der Waals surface area contributed by atoms with Crippen molar-refractivity contribution >= 4 is 17.8 Å². The molecule has 0 N–H and O–H groups in total. The number of hydrogen-bond acceptors (Lipinski definition) is 5. The Kier molecular flexibility index (Phi) is 5.69. The van der Waals surface area contributed by atoms with Crippen molar-refractivity contribution in [3.63, 3.8) is 0 Å². The summed E-state index contributed by atoms with van der Waals surface area (Å²) in [6.45, 7) is 5.81. The molecule has 27 heavy (non-hydrogen) atoms. The largest absolute Gasteiger partial charge is 0.485 e. The van der Waals surface area contributed by atoms with Crippen LogP contribution in [0.1, 0.15) is 41.4 Å². The Morgan fingerprint density at radius 2 is 1.93 bits per heavy atom. The molecule has 0 spiro atoms. The number of nitrogens with zero attached hydrogens (tertiary/aromatic N) is 1. The molecule has 140 valence electrons. The van der Waals surface area contributed by atoms with E-state index in [9.17, 15) is 9.59 Å². The van der Waals surface area contributed by atoms with E-state index in [0.29, 0.717) is 24.5 Å². The zero-order chi connectivity index (χ0) is 19.3. The minimum Gasteiger partial charge on any atom is -0.485 e. The summed E-state index contributed by atoms with van der Waals surface area (Å²) in [5.41, 5.74) is 1.93. The summed E-state index contributed by atoms with van der Waals surface area (Å²) in [5.74, 6) is 0.315. The summed E-state index contributed by atoms with van der Waals surface area (Å²) >= 11 is 0. The van der Waals surface area contributed by atoms with E-state index >= 15 is 0 Å². The molecular weight excluding hydrogens is 342 g/mol. The Bertz CT molecular complexity index is 820. The highest BCUT2D eigenvalue weighted by Crippen LogP contribution is 2.49. The summed E-state index contributed by atoms with van der Waals surface area (Å²) in [6, 6.07) is 10.9. The number of ketones is 1. The fraction of sp³-hybridized carbons (Fsp3) is 0.318. The van der Waals surface area contributed by atoms with Crippen molar-refractivity contribution in [2.75, 3.05) is 13.2 Å². The van der Waals surface area contributed by atoms with Gasteiger partial charge in [0.15, 0.2) is 6.61 Å². The maximum Gasteiger partial charge on any atom is 0.312 e. The zero-order valence-corrected chi connectivity index (χ0v) is 15.4. The van der Waals surface area contributed by atoms with E-state index in [1.54, 1.807) is 24.4 Å². The molecule has 0 unspecified atom stereocenters. The molecule has 2 aromatic rings. The molecule has 1 saturated carbocycles. The molecule has 0 amide bonds. The van der Waals surface area contributed by atoms with Crippen LogP contribution in [0.25, 0.3) is 6.08 Å². The third kappa shape index (κ3) is 4.61. The van der Waals surface area contributed by atoms with Crippen molar-refractivity contribution in [2.45, 2.75) is 26.2 Å². The smallest absolute Gasteiger partial charge is 0.312 e. The molecule has 5 nitrogen and oxygen atoms in total. The molecule has 1 heterocycles. The van der Waals surface area contributed by atoms with Crippen LogP contribution < -0.4 is 4.74 Å². The number of rotatable bonds is 9. The van der Waals surface area contributed by atoms with E-state index in [1.807, 2.05) is 31.2 Å². The van der Waals surface area contributed by atoms with Crippen molar-refractivity contribution in [2.24, 2.45) is 5.41 Å². The second-order valence-electron chi connectivity index (χ2n) is 6.71. The van der Waals surface area contributed by atoms with Gasteiger partial charge in [0.1, 0.15) is 11.4 Å². The van der Waals surface area contributed by atoms with Gasteiger partial charge in [0.05, 0.1) is 12.0 Å². The van der Waals surface area contributed by atoms with Crippen molar-refractivity contribution in [1.82, 2.24) is 4.98 Å². The van der Waals surface area contributed by atoms with Crippen LogP contribution in [0.4, 0.5) is 0 Å². The van der Waals surface area contributed by atoms with Crippen molar-refractivity contribution in [1.29, 1.82) is 0 Å². The highest BCUT2D eigenvalue weighted by molar-refractivity contribution is 5.95. The number of aromatic nitrogens is 1. The highest BCUT2D eigenvalue weighted by atomic mass is 16.5. The fourth-order valence-corrected chi connectivity index (χ4v) is 2.90. The standard InChI is InChI=1S/C22H23NO4/c1-3-16-7-10-19(23-14-16)20(24)15-27-18-8-5-17(6-9-18)13-22(11-12-22)21(25)26-4-2/h3,5-10,14H,1,4,11-13,15H2,2H3. The van der Waals surface area contributed by atoms with Crippen LogP contribution in [0.2, 0.25) is 0 Å². The average molecular weight is 365 g/mol. The van der Waals surface area contributed by atoms with Crippen LogP contribution in [-0.2, 0) is 16.0 Å². The maximum atomic E-state index is 12.2. The molecule has 0 radical (unpaired) electrons. The van der Waals surface area contributed by atoms with Crippen LogP contribution in [-0.4, -0.2) is 30.0 Å². The minimum atomic E-state index is -0.350. The lowest BCUT2D eigenvalue weighted by Crippen LogP contribution is -2.21. The van der Waals surface area contributed by atoms with Gasteiger partial charge < -0.3 is 9.47 Å². The van der Waals surface area contributed by atoms with Gasteiger partial charge in [-0.1, -0.05) is 30.9 Å². The highest BCUT2D eigenvalue weighted by Gasteiger charge is 2.50. The molecular formula is C22H23NO4. The Morgan fingerprint density at radius 1 is 1.19 bits per heavy atom. The number of benzene rings is 1. The van der Waals surface area contributed by atoms with Crippen molar-refractivity contribution < 1.29 is 19.1 Å². The van der Waals surface area contributed by atoms with Crippen molar-refractivity contribution in [3.05, 3.63) is 66.0 Å². The van der Waals surface area contributed by atoms with E-state index in [0.717, 1.165) is 24.0 Å². The topological polar surface area (TPSA) is 65.5 Å². The molecule has 0 bridgehead atoms. The lowest BCUT2D eigenvalue weighted by atomic mass is 9.96. The third-order valence-electron chi connectivity index (χ3n) is 4.71. The van der Waals surface area contributed by atoms with Gasteiger partial charge in [-0.05, 0) is 55.5 Å². The molecule has 1 fully saturated rings. The summed E-state index contributed by atoms with van der Waals surface area (Å²) in [4.78, 5) is 28.3. The van der Waals surface area contributed by atoms with Crippen LogP contribution >= 0.6 is 0 Å². The van der Waals surface area contributed by atoms with Gasteiger partial charge in [0, 0.05) is 6.20 Å². The molecule has 1 aromatic heterocycles. The van der Waals surface area contributed by atoms with Crippen LogP contribution in [0.15, 0.2) is 49.2 Å². The Morgan fingerprint density at radius 3 is 2.48 bits per heavy atom. The third-order valence-corrected chi connectivity index (χ3v) is 4.71. The lowest BCUT2D eigenvalue weighted by Gasteiger charge is -2.14. The number of ether oxygens (including phenoxy) is 2. The van der Waals surface area contributed by atoms with Gasteiger partial charge in [0.25, 0.3) is 0 Å². The normalized spacial score (nSPS) is 14.3. The molecule has 3 rings (SSSR count). The first-order valence-electron chi connectivity index (χ1n) is 9.07. The zero-order valence-electron chi connectivity index (χ0n) is 15.4. The molecule has 5 heteroatoms. The van der Waals surface area contributed by atoms with Gasteiger partial charge in [-0.3, -0.25) is 14.6 Å². The SMILES string of the molecule is C=Cc1ccc(C(=O)COc2ccc(CC3(C(=O)OCC)CC3)cc2)nc1. The molecule has 0 atom stereocenters. The average Bonchev–Trinajstić information content (AvgIpc) is 3.48. The van der Waals surface area contributed by atoms with Gasteiger partial charge >= 0.3 is 5.97 Å². The van der Waals surface area contributed by atoms with Crippen molar-refractivity contribution in [3.8, 4) is 5.75 Å². The monoisotopic (exact) mass is 365 g/mol. The van der Waals surface area contributed by atoms with Gasteiger partial charge in [0.2, 0.25) is 5.78 Å². The minimum absolute atomic E-state index is 0.0768. The number of esters is 1. The Labute approximate surface area is 159 Å². The van der Waals surface area contributed by atoms with Crippen LogP contribution in [0.5, 0.6) is 5.75 Å². The lowest BCUT2D eigenvalue weighted by molar-refractivity contribution is -0.149. The predicted molar refractivity (Wildman–Crippen MR) is 103 cm³/mol. The fourth-order valence-electron chi connectivity index (χ4n) is 2.90. The van der Waals surface area contributed by atoms with Crippen LogP contribution in [0, 0.1) is 5.41 Å². The number of Topliss-reactive ketones (excluding diaryl/α,β-unsaturated/α-hetero) is 1. The Balaban J connectivity index is 1.54. The Hall–Kier alpha value is -2.95. The number of carbonyl (C=O) groups is 2. The van der Waals surface area contributed by atoms with Gasteiger partial charge in [-0.2, -0.15) is 0 Å². The van der Waals surface area contributed by atoms with Gasteiger partial charge in [-0.25, -0.2) is 0 Å². The van der Waals surface area contributed by atoms with E-state index in [4.69, 9.17) is 9.47 Å². The molecule has 0 aliphatic heterocycles. The second kappa shape index (κ2) is 8.16. The predicted octanol–water partition coefficient (Wildman–Crippen LogP) is 3.87. The molecule has 0 saturated heterocycles. The van der Waals surface area contributed by atoms with Gasteiger partial charge in [-0.15, -0.1) is 0 Å². The number of carbonyl (C=O) groups excluding carboxylic acids is 2. The summed E-state index contributed by atoms with van der Waals surface area (Å²) in [5, 5.41) is 0. The quantitative estimate of drug-likeness (QED) is 0.498. The van der Waals surface area contributed by atoms with E-state index in [1.165, 1.54) is 0 Å².